The van der Waals surface area contributed by atoms with Crippen molar-refractivity contribution in [2.24, 2.45) is 0 Å². The average molecular weight is 608 g/mol. The van der Waals surface area contributed by atoms with Crippen LogP contribution >= 0.6 is 0 Å². The van der Waals surface area contributed by atoms with Gasteiger partial charge in [0.05, 0.1) is 11.6 Å². The van der Waals surface area contributed by atoms with Crippen molar-refractivity contribution in [2.45, 2.75) is 0 Å². The molecular weight excluding hydrogens is 579 g/mol. The molecule has 1 nitrogen and oxygen atoms in total. The number of hydrogen-bond acceptors (Lipinski definition) is 1. The van der Waals surface area contributed by atoms with E-state index in [2.05, 4.69) is 164 Å². The fraction of sp³-hybridized carbons (Fsp3) is 0. The Balaban J connectivity index is 1.27. The molecule has 9 aromatic rings. The Hall–Kier alpha value is -6.49. The van der Waals surface area contributed by atoms with Gasteiger partial charge in [0.1, 0.15) is 0 Å². The predicted molar refractivity (Wildman–Crippen MR) is 203 cm³/mol. The molecule has 0 amide bonds. The van der Waals surface area contributed by atoms with Gasteiger partial charge < -0.3 is 0 Å². The van der Waals surface area contributed by atoms with Crippen LogP contribution in [0.15, 0.2) is 176 Å². The fourth-order valence-corrected chi connectivity index (χ4v) is 7.55. The van der Waals surface area contributed by atoms with Gasteiger partial charge >= 0.3 is 0 Å². The minimum absolute atomic E-state index is 0.665. The zero-order valence-electron chi connectivity index (χ0n) is 26.2. The van der Waals surface area contributed by atoms with Crippen molar-refractivity contribution in [3.05, 3.63) is 181 Å². The standard InChI is InChI=1S/C47H29N/c48-30-31-11-9-14-35(29-31)38-27-28-45(40-17-4-3-16-39(38)40)47-43-20-7-5-18-41(43)46(42-19-6-8-21-44(42)47)34-25-23-33(24-26-34)37-22-10-13-32-12-1-2-15-36(32)37/h1-29H. The van der Waals surface area contributed by atoms with Gasteiger partial charge in [-0.05, 0) is 99.7 Å². The van der Waals surface area contributed by atoms with Crippen LogP contribution in [0, 0.1) is 11.3 Å². The summed E-state index contributed by atoms with van der Waals surface area (Å²) in [6.45, 7) is 0. The van der Waals surface area contributed by atoms with Gasteiger partial charge in [0, 0.05) is 0 Å². The van der Waals surface area contributed by atoms with Crippen molar-refractivity contribution in [1.82, 2.24) is 0 Å². The Labute approximate surface area is 279 Å². The summed E-state index contributed by atoms with van der Waals surface area (Å²) in [5, 5.41) is 19.4. The highest BCUT2D eigenvalue weighted by Crippen LogP contribution is 2.46. The molecule has 0 fully saturated rings. The lowest BCUT2D eigenvalue weighted by atomic mass is 9.83. The van der Waals surface area contributed by atoms with Crippen LogP contribution in [0.5, 0.6) is 0 Å². The minimum Gasteiger partial charge on any atom is -0.192 e. The molecule has 0 spiro atoms. The van der Waals surface area contributed by atoms with E-state index in [0.29, 0.717) is 5.56 Å². The Morgan fingerprint density at radius 1 is 0.312 bits per heavy atom. The second-order valence-electron chi connectivity index (χ2n) is 12.3. The van der Waals surface area contributed by atoms with E-state index in [1.165, 1.54) is 76.5 Å². The monoisotopic (exact) mass is 607 g/mol. The van der Waals surface area contributed by atoms with E-state index in [1.54, 1.807) is 0 Å². The van der Waals surface area contributed by atoms with Crippen molar-refractivity contribution >= 4 is 43.1 Å². The molecule has 0 aliphatic rings. The molecule has 0 N–H and O–H groups in total. The number of nitrogens with zero attached hydrogens (tertiary/aromatic N) is 1. The summed E-state index contributed by atoms with van der Waals surface area (Å²) in [5.74, 6) is 0. The molecule has 0 saturated carbocycles. The molecule has 0 heterocycles. The van der Waals surface area contributed by atoms with E-state index in [9.17, 15) is 5.26 Å². The molecule has 48 heavy (non-hydrogen) atoms. The molecule has 9 rings (SSSR count). The third kappa shape index (κ3) is 4.47. The maximum Gasteiger partial charge on any atom is 0.0991 e. The summed E-state index contributed by atoms with van der Waals surface area (Å²) in [4.78, 5) is 0. The van der Waals surface area contributed by atoms with Gasteiger partial charge in [0.15, 0.2) is 0 Å². The van der Waals surface area contributed by atoms with Crippen LogP contribution in [0.4, 0.5) is 0 Å². The first-order valence-corrected chi connectivity index (χ1v) is 16.3. The summed E-state index contributed by atoms with van der Waals surface area (Å²) >= 11 is 0. The van der Waals surface area contributed by atoms with Crippen LogP contribution in [0.1, 0.15) is 5.56 Å². The summed E-state index contributed by atoms with van der Waals surface area (Å²) in [7, 11) is 0. The quantitative estimate of drug-likeness (QED) is 0.183. The topological polar surface area (TPSA) is 23.8 Å². The van der Waals surface area contributed by atoms with Gasteiger partial charge in [-0.1, -0.05) is 164 Å². The van der Waals surface area contributed by atoms with Crippen molar-refractivity contribution in [2.75, 3.05) is 0 Å². The highest BCUT2D eigenvalue weighted by atomic mass is 14.2. The molecule has 222 valence electrons. The van der Waals surface area contributed by atoms with Gasteiger partial charge in [0.2, 0.25) is 0 Å². The fourth-order valence-electron chi connectivity index (χ4n) is 7.55. The Morgan fingerprint density at radius 3 is 1.46 bits per heavy atom. The van der Waals surface area contributed by atoms with Gasteiger partial charge in [0.25, 0.3) is 0 Å². The second kappa shape index (κ2) is 11.4. The SMILES string of the molecule is N#Cc1cccc(-c2ccc(-c3c4ccccc4c(-c4ccc(-c5cccc6ccccc56)cc4)c4ccccc34)c3ccccc23)c1. The Morgan fingerprint density at radius 2 is 0.792 bits per heavy atom. The number of rotatable bonds is 4. The van der Waals surface area contributed by atoms with Gasteiger partial charge in [-0.3, -0.25) is 0 Å². The van der Waals surface area contributed by atoms with E-state index >= 15 is 0 Å². The average Bonchev–Trinajstić information content (AvgIpc) is 3.16. The van der Waals surface area contributed by atoms with E-state index in [4.69, 9.17) is 0 Å². The highest BCUT2D eigenvalue weighted by molar-refractivity contribution is 6.24. The normalized spacial score (nSPS) is 11.3. The lowest BCUT2D eigenvalue weighted by molar-refractivity contribution is 1.48. The van der Waals surface area contributed by atoms with Crippen molar-refractivity contribution in [3.63, 3.8) is 0 Å². The third-order valence-corrected chi connectivity index (χ3v) is 9.70. The van der Waals surface area contributed by atoms with Crippen LogP contribution in [0.3, 0.4) is 0 Å². The van der Waals surface area contributed by atoms with Crippen LogP contribution in [0.25, 0.3) is 87.6 Å². The van der Waals surface area contributed by atoms with Crippen LogP contribution in [-0.4, -0.2) is 0 Å². The summed E-state index contributed by atoms with van der Waals surface area (Å²) < 4.78 is 0. The Kier molecular flexibility index (Phi) is 6.59. The molecule has 0 bridgehead atoms. The molecule has 0 unspecified atom stereocenters. The van der Waals surface area contributed by atoms with Crippen LogP contribution < -0.4 is 0 Å². The largest absolute Gasteiger partial charge is 0.192 e. The molecule has 9 aromatic carbocycles. The van der Waals surface area contributed by atoms with E-state index in [-0.39, 0.29) is 0 Å². The second-order valence-corrected chi connectivity index (χ2v) is 12.3. The van der Waals surface area contributed by atoms with Crippen LogP contribution in [0.2, 0.25) is 0 Å². The van der Waals surface area contributed by atoms with Crippen molar-refractivity contribution < 1.29 is 0 Å². The minimum atomic E-state index is 0.665. The van der Waals surface area contributed by atoms with Gasteiger partial charge in [-0.25, -0.2) is 0 Å². The predicted octanol–water partition coefficient (Wildman–Crippen LogP) is 12.8. The van der Waals surface area contributed by atoms with Crippen molar-refractivity contribution in [1.29, 1.82) is 5.26 Å². The van der Waals surface area contributed by atoms with Crippen molar-refractivity contribution in [3.8, 4) is 50.6 Å². The lowest BCUT2D eigenvalue weighted by Crippen LogP contribution is -1.92. The number of fused-ring (bicyclic) bond motifs is 4. The molecule has 0 saturated heterocycles. The van der Waals surface area contributed by atoms with Gasteiger partial charge in [-0.2, -0.15) is 5.26 Å². The smallest absolute Gasteiger partial charge is 0.0991 e. The molecular formula is C47H29N. The van der Waals surface area contributed by atoms with E-state index in [0.717, 1.165) is 11.1 Å². The maximum atomic E-state index is 9.57. The summed E-state index contributed by atoms with van der Waals surface area (Å²) in [5.41, 5.74) is 10.2. The maximum absolute atomic E-state index is 9.57. The number of nitriles is 1. The molecule has 0 aliphatic heterocycles. The highest BCUT2D eigenvalue weighted by Gasteiger charge is 2.19. The number of benzene rings is 9. The first-order valence-electron chi connectivity index (χ1n) is 16.3. The molecule has 0 radical (unpaired) electrons. The summed E-state index contributed by atoms with van der Waals surface area (Å²) in [6.07, 6.45) is 0. The third-order valence-electron chi connectivity index (χ3n) is 9.70. The Bertz CT molecular complexity index is 2660. The van der Waals surface area contributed by atoms with E-state index < -0.39 is 0 Å². The van der Waals surface area contributed by atoms with Crippen LogP contribution in [-0.2, 0) is 0 Å². The molecule has 1 heteroatoms. The van der Waals surface area contributed by atoms with Gasteiger partial charge in [-0.15, -0.1) is 0 Å². The lowest BCUT2D eigenvalue weighted by Gasteiger charge is -2.20. The number of hydrogen-bond donors (Lipinski definition) is 0. The zero-order chi connectivity index (χ0) is 32.0. The molecule has 0 aliphatic carbocycles. The zero-order valence-corrected chi connectivity index (χ0v) is 26.2. The molecule has 0 aromatic heterocycles. The van der Waals surface area contributed by atoms with E-state index in [1.807, 2.05) is 18.2 Å². The first kappa shape index (κ1) is 27.8. The summed E-state index contributed by atoms with van der Waals surface area (Å²) in [6, 6.07) is 65.2. The first-order chi connectivity index (χ1) is 23.8. The molecule has 0 atom stereocenters.